The maximum absolute atomic E-state index is 12.3. The number of halogens is 1. The summed E-state index contributed by atoms with van der Waals surface area (Å²) in [6.45, 7) is 0.760. The number of carbonyl (C=O) groups excluding carboxylic acids is 2. The van der Waals surface area contributed by atoms with Gasteiger partial charge in [0.2, 0.25) is 5.91 Å². The average molecular weight is 373 g/mol. The zero-order chi connectivity index (χ0) is 18.5. The standard InChI is InChI=1S/C20H21ClN2O3/c1-26-13-20(25)23-10-2-3-15-12-17(8-9-18(15)23)22-19(24)11-14-4-6-16(21)7-5-14/h4-9,12H,2-3,10-11,13H2,1H3,(H,22,24). The Balaban J connectivity index is 1.69. The highest BCUT2D eigenvalue weighted by Gasteiger charge is 2.22. The number of rotatable bonds is 5. The van der Waals surface area contributed by atoms with E-state index in [0.717, 1.165) is 35.3 Å². The second-order valence-corrected chi connectivity index (χ2v) is 6.71. The largest absolute Gasteiger partial charge is 0.375 e. The molecule has 2 aromatic carbocycles. The van der Waals surface area contributed by atoms with Gasteiger partial charge in [0.1, 0.15) is 6.61 Å². The first-order valence-electron chi connectivity index (χ1n) is 8.53. The van der Waals surface area contributed by atoms with E-state index in [9.17, 15) is 9.59 Å². The summed E-state index contributed by atoms with van der Waals surface area (Å²) in [5, 5.41) is 3.57. The Bertz CT molecular complexity index is 805. The van der Waals surface area contributed by atoms with Gasteiger partial charge in [-0.2, -0.15) is 0 Å². The van der Waals surface area contributed by atoms with E-state index in [0.29, 0.717) is 11.6 Å². The molecule has 0 saturated carbocycles. The summed E-state index contributed by atoms with van der Waals surface area (Å²) in [6, 6.07) is 12.9. The maximum Gasteiger partial charge on any atom is 0.252 e. The number of anilines is 2. The molecule has 0 saturated heterocycles. The van der Waals surface area contributed by atoms with Crippen molar-refractivity contribution in [3.8, 4) is 0 Å². The Kier molecular flexibility index (Phi) is 5.91. The Morgan fingerprint density at radius 1 is 1.19 bits per heavy atom. The van der Waals surface area contributed by atoms with Gasteiger partial charge in [-0.1, -0.05) is 23.7 Å². The summed E-state index contributed by atoms with van der Waals surface area (Å²) < 4.78 is 4.96. The fourth-order valence-electron chi connectivity index (χ4n) is 3.13. The molecule has 3 rings (SSSR count). The molecule has 0 radical (unpaired) electrons. The molecule has 0 unspecified atom stereocenters. The number of amides is 2. The van der Waals surface area contributed by atoms with Crippen LogP contribution in [0.2, 0.25) is 5.02 Å². The second-order valence-electron chi connectivity index (χ2n) is 6.28. The lowest BCUT2D eigenvalue weighted by Gasteiger charge is -2.29. The van der Waals surface area contributed by atoms with Crippen LogP contribution in [-0.4, -0.2) is 32.1 Å². The Labute approximate surface area is 157 Å². The quantitative estimate of drug-likeness (QED) is 0.874. The third-order valence-electron chi connectivity index (χ3n) is 4.33. The number of benzene rings is 2. The molecule has 0 spiro atoms. The monoisotopic (exact) mass is 372 g/mol. The topological polar surface area (TPSA) is 58.6 Å². The molecule has 2 amide bonds. The zero-order valence-electron chi connectivity index (χ0n) is 14.6. The van der Waals surface area contributed by atoms with Crippen LogP contribution in [0.15, 0.2) is 42.5 Å². The predicted molar refractivity (Wildman–Crippen MR) is 103 cm³/mol. The van der Waals surface area contributed by atoms with Crippen molar-refractivity contribution < 1.29 is 14.3 Å². The first kappa shape index (κ1) is 18.4. The van der Waals surface area contributed by atoms with Crippen LogP contribution in [0.1, 0.15) is 17.5 Å². The summed E-state index contributed by atoms with van der Waals surface area (Å²) in [6.07, 6.45) is 2.06. The van der Waals surface area contributed by atoms with E-state index in [1.54, 1.807) is 17.0 Å². The minimum absolute atomic E-state index is 0.0482. The lowest BCUT2D eigenvalue weighted by atomic mass is 10.0. The van der Waals surface area contributed by atoms with Gasteiger partial charge in [0.05, 0.1) is 6.42 Å². The number of ether oxygens (including phenoxy) is 1. The Morgan fingerprint density at radius 2 is 1.96 bits per heavy atom. The number of aryl methyl sites for hydroxylation is 1. The third kappa shape index (κ3) is 4.42. The molecule has 6 heteroatoms. The zero-order valence-corrected chi connectivity index (χ0v) is 15.4. The van der Waals surface area contributed by atoms with Crippen molar-refractivity contribution >= 4 is 34.8 Å². The van der Waals surface area contributed by atoms with Gasteiger partial charge >= 0.3 is 0 Å². The lowest BCUT2D eigenvalue weighted by Crippen LogP contribution is -2.37. The second kappa shape index (κ2) is 8.34. The van der Waals surface area contributed by atoms with Crippen molar-refractivity contribution in [3.05, 3.63) is 58.6 Å². The van der Waals surface area contributed by atoms with Crippen LogP contribution in [0, 0.1) is 0 Å². The first-order valence-corrected chi connectivity index (χ1v) is 8.91. The minimum atomic E-state index is -0.0876. The van der Waals surface area contributed by atoms with Crippen LogP contribution in [0.3, 0.4) is 0 Å². The van der Waals surface area contributed by atoms with Crippen molar-refractivity contribution in [1.29, 1.82) is 0 Å². The molecule has 0 fully saturated rings. The van der Waals surface area contributed by atoms with E-state index >= 15 is 0 Å². The van der Waals surface area contributed by atoms with E-state index < -0.39 is 0 Å². The van der Waals surface area contributed by atoms with Crippen LogP contribution in [0.4, 0.5) is 11.4 Å². The summed E-state index contributed by atoms with van der Waals surface area (Å²) in [4.78, 5) is 26.2. The SMILES string of the molecule is COCC(=O)N1CCCc2cc(NC(=O)Cc3ccc(Cl)cc3)ccc21. The molecule has 0 atom stereocenters. The lowest BCUT2D eigenvalue weighted by molar-refractivity contribution is -0.122. The van der Waals surface area contributed by atoms with Crippen molar-refractivity contribution in [2.45, 2.75) is 19.3 Å². The van der Waals surface area contributed by atoms with Crippen LogP contribution in [-0.2, 0) is 27.2 Å². The van der Waals surface area contributed by atoms with Crippen molar-refractivity contribution in [3.63, 3.8) is 0 Å². The smallest absolute Gasteiger partial charge is 0.252 e. The number of fused-ring (bicyclic) bond motifs is 1. The Morgan fingerprint density at radius 3 is 2.69 bits per heavy atom. The molecule has 0 bridgehead atoms. The highest BCUT2D eigenvalue weighted by molar-refractivity contribution is 6.30. The summed E-state index contributed by atoms with van der Waals surface area (Å²) >= 11 is 5.86. The number of methoxy groups -OCH3 is 1. The first-order chi connectivity index (χ1) is 12.6. The predicted octanol–water partition coefficient (Wildman–Crippen LogP) is 3.45. The normalized spacial score (nSPS) is 13.2. The molecule has 1 N–H and O–H groups in total. The van der Waals surface area contributed by atoms with Crippen LogP contribution in [0.5, 0.6) is 0 Å². The molecular weight excluding hydrogens is 352 g/mol. The van der Waals surface area contributed by atoms with Crippen LogP contribution < -0.4 is 10.2 Å². The van der Waals surface area contributed by atoms with Crippen LogP contribution in [0.25, 0.3) is 0 Å². The van der Waals surface area contributed by atoms with E-state index in [2.05, 4.69) is 5.32 Å². The van der Waals surface area contributed by atoms with Gasteiger partial charge in [0, 0.05) is 30.1 Å². The minimum Gasteiger partial charge on any atom is -0.375 e. The number of hydrogen-bond acceptors (Lipinski definition) is 3. The van der Waals surface area contributed by atoms with Gasteiger partial charge in [0.15, 0.2) is 0 Å². The molecule has 1 aliphatic heterocycles. The number of nitrogens with zero attached hydrogens (tertiary/aromatic N) is 1. The van der Waals surface area contributed by atoms with E-state index in [4.69, 9.17) is 16.3 Å². The van der Waals surface area contributed by atoms with Gasteiger partial charge in [-0.15, -0.1) is 0 Å². The van der Waals surface area contributed by atoms with Crippen molar-refractivity contribution in [2.24, 2.45) is 0 Å². The molecule has 0 aliphatic carbocycles. The molecule has 0 aromatic heterocycles. The summed E-state index contributed by atoms with van der Waals surface area (Å²) in [5.41, 5.74) is 3.60. The summed E-state index contributed by atoms with van der Waals surface area (Å²) in [5.74, 6) is -0.136. The van der Waals surface area contributed by atoms with Gasteiger partial charge < -0.3 is 15.0 Å². The molecule has 26 heavy (non-hydrogen) atoms. The third-order valence-corrected chi connectivity index (χ3v) is 4.58. The average Bonchev–Trinajstić information content (AvgIpc) is 2.63. The van der Waals surface area contributed by atoms with E-state index in [1.165, 1.54) is 7.11 Å². The highest BCUT2D eigenvalue weighted by atomic mass is 35.5. The fourth-order valence-corrected chi connectivity index (χ4v) is 3.25. The highest BCUT2D eigenvalue weighted by Crippen LogP contribution is 2.30. The Hall–Kier alpha value is -2.37. The number of nitrogens with one attached hydrogen (secondary N) is 1. The summed E-state index contributed by atoms with van der Waals surface area (Å²) in [7, 11) is 1.52. The van der Waals surface area contributed by atoms with Crippen molar-refractivity contribution in [1.82, 2.24) is 0 Å². The van der Waals surface area contributed by atoms with Gasteiger partial charge in [-0.05, 0) is 54.3 Å². The van der Waals surface area contributed by atoms with Gasteiger partial charge in [0.25, 0.3) is 5.91 Å². The molecule has 1 aliphatic rings. The van der Waals surface area contributed by atoms with Gasteiger partial charge in [-0.3, -0.25) is 9.59 Å². The molecule has 1 heterocycles. The van der Waals surface area contributed by atoms with E-state index in [-0.39, 0.29) is 24.8 Å². The molecule has 5 nitrogen and oxygen atoms in total. The van der Waals surface area contributed by atoms with Crippen molar-refractivity contribution in [2.75, 3.05) is 30.5 Å². The van der Waals surface area contributed by atoms with Crippen LogP contribution >= 0.6 is 11.6 Å². The van der Waals surface area contributed by atoms with Gasteiger partial charge in [-0.25, -0.2) is 0 Å². The molecule has 136 valence electrons. The maximum atomic E-state index is 12.3. The van der Waals surface area contributed by atoms with E-state index in [1.807, 2.05) is 30.3 Å². The molecule has 2 aromatic rings. The number of carbonyl (C=O) groups is 2. The number of hydrogen-bond donors (Lipinski definition) is 1. The fraction of sp³-hybridized carbons (Fsp3) is 0.300. The molecular formula is C20H21ClN2O3.